The predicted octanol–water partition coefficient (Wildman–Crippen LogP) is 3.03. The number of ether oxygens (including phenoxy) is 1. The Morgan fingerprint density at radius 2 is 2.15 bits per heavy atom. The number of benzene rings is 1. The molecule has 0 bridgehead atoms. The second kappa shape index (κ2) is 5.70. The molecule has 0 aromatic heterocycles. The summed E-state index contributed by atoms with van der Waals surface area (Å²) in [6.45, 7) is 3.07. The Labute approximate surface area is 119 Å². The zero-order valence-electron chi connectivity index (χ0n) is 11.9. The number of morpholine rings is 1. The summed E-state index contributed by atoms with van der Waals surface area (Å²) in [5, 5.41) is 9.91. The van der Waals surface area contributed by atoms with E-state index in [9.17, 15) is 9.50 Å². The molecule has 2 fully saturated rings. The van der Waals surface area contributed by atoms with Crippen molar-refractivity contribution in [2.75, 3.05) is 18.1 Å². The maximum Gasteiger partial charge on any atom is 0.131 e. The molecule has 110 valence electrons. The molecule has 1 aromatic rings. The summed E-state index contributed by atoms with van der Waals surface area (Å²) < 4.78 is 19.9. The molecule has 1 saturated heterocycles. The predicted molar refractivity (Wildman–Crippen MR) is 76.4 cm³/mol. The summed E-state index contributed by atoms with van der Waals surface area (Å²) in [5.74, 6) is -0.323. The normalized spacial score (nSPS) is 28.1. The van der Waals surface area contributed by atoms with Gasteiger partial charge in [0, 0.05) is 17.8 Å². The molecule has 1 aliphatic heterocycles. The Kier molecular flexibility index (Phi) is 3.94. The smallest absolute Gasteiger partial charge is 0.131 e. The van der Waals surface area contributed by atoms with Crippen molar-refractivity contribution in [3.05, 3.63) is 29.6 Å². The zero-order chi connectivity index (χ0) is 14.1. The minimum Gasteiger partial charge on any atom is -0.389 e. The average molecular weight is 279 g/mol. The van der Waals surface area contributed by atoms with Crippen LogP contribution in [-0.2, 0) is 4.74 Å². The van der Waals surface area contributed by atoms with Crippen molar-refractivity contribution in [3.8, 4) is 0 Å². The van der Waals surface area contributed by atoms with Gasteiger partial charge < -0.3 is 14.7 Å². The first-order valence-corrected chi connectivity index (χ1v) is 7.53. The van der Waals surface area contributed by atoms with Crippen LogP contribution in [0.3, 0.4) is 0 Å². The van der Waals surface area contributed by atoms with Crippen LogP contribution in [0.4, 0.5) is 10.1 Å². The molecule has 0 spiro atoms. The summed E-state index contributed by atoms with van der Waals surface area (Å²) in [4.78, 5) is 2.25. The van der Waals surface area contributed by atoms with Gasteiger partial charge in [0.05, 0.1) is 24.9 Å². The third-order valence-electron chi connectivity index (χ3n) is 4.49. The van der Waals surface area contributed by atoms with Gasteiger partial charge in [-0.15, -0.1) is 0 Å². The van der Waals surface area contributed by atoms with E-state index < -0.39 is 6.10 Å². The molecular weight excluding hydrogens is 257 g/mol. The molecule has 4 heteroatoms. The molecular formula is C16H22FNO2. The van der Waals surface area contributed by atoms with Gasteiger partial charge in [-0.2, -0.15) is 0 Å². The lowest BCUT2D eigenvalue weighted by Crippen LogP contribution is -2.53. The molecule has 0 radical (unpaired) electrons. The van der Waals surface area contributed by atoms with Gasteiger partial charge in [-0.1, -0.05) is 18.9 Å². The Bertz CT molecular complexity index is 476. The highest BCUT2D eigenvalue weighted by molar-refractivity contribution is 5.56. The second-order valence-electron chi connectivity index (χ2n) is 5.80. The van der Waals surface area contributed by atoms with Crippen LogP contribution in [-0.4, -0.2) is 30.4 Å². The number of halogens is 1. The molecule has 0 amide bonds. The number of nitrogens with zero attached hydrogens (tertiary/aromatic N) is 1. The largest absolute Gasteiger partial charge is 0.389 e. The molecule has 1 aliphatic carbocycles. The Balaban J connectivity index is 1.97. The maximum absolute atomic E-state index is 14.1. The number of aliphatic hydroxyl groups excluding tert-OH is 1. The van der Waals surface area contributed by atoms with Crippen LogP contribution in [0.5, 0.6) is 0 Å². The van der Waals surface area contributed by atoms with E-state index in [1.54, 1.807) is 13.0 Å². The molecule has 2 aliphatic rings. The first kappa shape index (κ1) is 13.8. The summed E-state index contributed by atoms with van der Waals surface area (Å²) in [6.07, 6.45) is 4.03. The van der Waals surface area contributed by atoms with Crippen molar-refractivity contribution in [1.82, 2.24) is 0 Å². The van der Waals surface area contributed by atoms with Crippen molar-refractivity contribution < 1.29 is 14.2 Å². The van der Waals surface area contributed by atoms with Crippen LogP contribution in [0.2, 0.25) is 0 Å². The van der Waals surface area contributed by atoms with Crippen molar-refractivity contribution in [3.63, 3.8) is 0 Å². The SMILES string of the molecule is CC(O)c1c(F)cccc1N1CCOC2CCCCC21. The zero-order valence-corrected chi connectivity index (χ0v) is 11.9. The number of hydrogen-bond acceptors (Lipinski definition) is 3. The van der Waals surface area contributed by atoms with E-state index in [1.807, 2.05) is 6.07 Å². The van der Waals surface area contributed by atoms with E-state index in [4.69, 9.17) is 4.74 Å². The number of anilines is 1. The van der Waals surface area contributed by atoms with Gasteiger partial charge in [0.2, 0.25) is 0 Å². The topological polar surface area (TPSA) is 32.7 Å². The van der Waals surface area contributed by atoms with E-state index in [0.717, 1.165) is 25.1 Å². The van der Waals surface area contributed by atoms with Crippen LogP contribution in [0.1, 0.15) is 44.3 Å². The highest BCUT2D eigenvalue weighted by Crippen LogP contribution is 2.36. The van der Waals surface area contributed by atoms with Crippen LogP contribution in [0.15, 0.2) is 18.2 Å². The number of hydrogen-bond donors (Lipinski definition) is 1. The van der Waals surface area contributed by atoms with E-state index in [0.29, 0.717) is 18.2 Å². The molecule has 20 heavy (non-hydrogen) atoms. The van der Waals surface area contributed by atoms with Crippen LogP contribution >= 0.6 is 0 Å². The van der Waals surface area contributed by atoms with E-state index in [-0.39, 0.29) is 11.9 Å². The molecule has 3 nitrogen and oxygen atoms in total. The average Bonchev–Trinajstić information content (AvgIpc) is 2.46. The van der Waals surface area contributed by atoms with Gasteiger partial charge in [-0.05, 0) is 31.9 Å². The summed E-state index contributed by atoms with van der Waals surface area (Å²) in [7, 11) is 0. The standard InChI is InChI=1S/C16H22FNO2/c1-11(19)16-12(17)5-4-7-14(16)18-9-10-20-15-8-3-2-6-13(15)18/h4-5,7,11,13,15,19H,2-3,6,8-10H2,1H3. The van der Waals surface area contributed by atoms with Crippen LogP contribution in [0, 0.1) is 5.82 Å². The molecule has 3 unspecified atom stereocenters. The van der Waals surface area contributed by atoms with E-state index in [2.05, 4.69) is 4.90 Å². The minimum absolute atomic E-state index is 0.252. The maximum atomic E-state index is 14.1. The van der Waals surface area contributed by atoms with E-state index in [1.165, 1.54) is 18.9 Å². The first-order valence-electron chi connectivity index (χ1n) is 7.53. The quantitative estimate of drug-likeness (QED) is 0.903. The lowest BCUT2D eigenvalue weighted by molar-refractivity contribution is -0.00891. The number of fused-ring (bicyclic) bond motifs is 1. The van der Waals surface area contributed by atoms with E-state index >= 15 is 0 Å². The van der Waals surface area contributed by atoms with Crippen molar-refractivity contribution in [1.29, 1.82) is 0 Å². The van der Waals surface area contributed by atoms with Gasteiger partial charge in [-0.25, -0.2) is 4.39 Å². The first-order chi connectivity index (χ1) is 9.68. The van der Waals surface area contributed by atoms with Gasteiger partial charge in [0.25, 0.3) is 0 Å². The molecule has 1 heterocycles. The Morgan fingerprint density at radius 3 is 2.95 bits per heavy atom. The van der Waals surface area contributed by atoms with Gasteiger partial charge >= 0.3 is 0 Å². The molecule has 3 rings (SSSR count). The van der Waals surface area contributed by atoms with Crippen molar-refractivity contribution in [2.45, 2.75) is 50.9 Å². The molecule has 3 atom stereocenters. The second-order valence-corrected chi connectivity index (χ2v) is 5.80. The fourth-order valence-corrected chi connectivity index (χ4v) is 3.59. The van der Waals surface area contributed by atoms with Crippen molar-refractivity contribution in [2.24, 2.45) is 0 Å². The third-order valence-corrected chi connectivity index (χ3v) is 4.49. The van der Waals surface area contributed by atoms with Crippen molar-refractivity contribution >= 4 is 5.69 Å². The molecule has 1 aromatic carbocycles. The lowest BCUT2D eigenvalue weighted by Gasteiger charge is -2.45. The fraction of sp³-hybridized carbons (Fsp3) is 0.625. The van der Waals surface area contributed by atoms with Gasteiger partial charge in [0.1, 0.15) is 5.82 Å². The Morgan fingerprint density at radius 1 is 1.35 bits per heavy atom. The summed E-state index contributed by atoms with van der Waals surface area (Å²) in [5.41, 5.74) is 1.25. The summed E-state index contributed by atoms with van der Waals surface area (Å²) in [6, 6.07) is 5.38. The highest BCUT2D eigenvalue weighted by Gasteiger charge is 2.35. The number of rotatable bonds is 2. The lowest BCUT2D eigenvalue weighted by atomic mass is 9.89. The fourth-order valence-electron chi connectivity index (χ4n) is 3.59. The number of aliphatic hydroxyl groups is 1. The molecule has 1 N–H and O–H groups in total. The van der Waals surface area contributed by atoms with Gasteiger partial charge in [-0.3, -0.25) is 0 Å². The Hall–Kier alpha value is -1.13. The highest BCUT2D eigenvalue weighted by atomic mass is 19.1. The van der Waals surface area contributed by atoms with Gasteiger partial charge in [0.15, 0.2) is 0 Å². The monoisotopic (exact) mass is 279 g/mol. The van der Waals surface area contributed by atoms with Crippen LogP contribution in [0.25, 0.3) is 0 Å². The third kappa shape index (κ3) is 2.42. The van der Waals surface area contributed by atoms with Crippen LogP contribution < -0.4 is 4.90 Å². The minimum atomic E-state index is -0.795. The summed E-state index contributed by atoms with van der Waals surface area (Å²) >= 11 is 0. The molecule has 1 saturated carbocycles.